The van der Waals surface area contributed by atoms with Crippen molar-refractivity contribution in [2.24, 2.45) is 0 Å². The van der Waals surface area contributed by atoms with Gasteiger partial charge in [-0.1, -0.05) is 18.2 Å². The summed E-state index contributed by atoms with van der Waals surface area (Å²) in [5.41, 5.74) is 4.90. The molecule has 4 nitrogen and oxygen atoms in total. The van der Waals surface area contributed by atoms with Crippen molar-refractivity contribution in [1.29, 1.82) is 0 Å². The number of piperazine rings is 1. The van der Waals surface area contributed by atoms with Crippen LogP contribution in [0.2, 0.25) is 0 Å². The molecule has 1 aliphatic rings. The predicted molar refractivity (Wildman–Crippen MR) is 93.0 cm³/mol. The van der Waals surface area contributed by atoms with Crippen molar-refractivity contribution in [3.05, 3.63) is 47.3 Å². The fourth-order valence-electron chi connectivity index (χ4n) is 3.10. The maximum Gasteiger partial charge on any atom is 0.0648 e. The second-order valence-electron chi connectivity index (χ2n) is 5.99. The molecule has 120 valence electrons. The van der Waals surface area contributed by atoms with Gasteiger partial charge in [0, 0.05) is 43.5 Å². The van der Waals surface area contributed by atoms with Crippen LogP contribution >= 0.6 is 12.4 Å². The molecule has 1 fully saturated rings. The molecule has 0 radical (unpaired) electrons. The highest BCUT2D eigenvalue weighted by Crippen LogP contribution is 2.20. The van der Waals surface area contributed by atoms with Crippen LogP contribution in [0, 0.1) is 13.8 Å². The average molecular weight is 321 g/mol. The van der Waals surface area contributed by atoms with Crippen molar-refractivity contribution in [1.82, 2.24) is 20.0 Å². The SMILES string of the molecule is Cc1nn(-c2ccccc2)c(C)c1CN1CCN[C@@H](C)C1.Cl. The summed E-state index contributed by atoms with van der Waals surface area (Å²) in [6.45, 7) is 10.8. The second-order valence-corrected chi connectivity index (χ2v) is 5.99. The third-order valence-corrected chi connectivity index (χ3v) is 4.28. The largest absolute Gasteiger partial charge is 0.312 e. The summed E-state index contributed by atoms with van der Waals surface area (Å²) in [6.07, 6.45) is 0. The molecule has 1 aromatic heterocycles. The van der Waals surface area contributed by atoms with Crippen LogP contribution in [0.3, 0.4) is 0 Å². The minimum absolute atomic E-state index is 0. The van der Waals surface area contributed by atoms with E-state index in [1.807, 2.05) is 6.07 Å². The zero-order valence-electron chi connectivity index (χ0n) is 13.5. The van der Waals surface area contributed by atoms with E-state index in [1.54, 1.807) is 0 Å². The number of rotatable bonds is 3. The average Bonchev–Trinajstić information content (AvgIpc) is 2.76. The fourth-order valence-corrected chi connectivity index (χ4v) is 3.10. The Kier molecular flexibility index (Phi) is 5.62. The minimum atomic E-state index is 0. The summed E-state index contributed by atoms with van der Waals surface area (Å²) in [7, 11) is 0. The van der Waals surface area contributed by atoms with Gasteiger partial charge in [0.1, 0.15) is 0 Å². The quantitative estimate of drug-likeness (QED) is 0.944. The fraction of sp³-hybridized carbons (Fsp3) is 0.471. The van der Waals surface area contributed by atoms with Gasteiger partial charge in [-0.25, -0.2) is 4.68 Å². The van der Waals surface area contributed by atoms with E-state index >= 15 is 0 Å². The Morgan fingerprint density at radius 2 is 1.95 bits per heavy atom. The van der Waals surface area contributed by atoms with E-state index in [4.69, 9.17) is 5.10 Å². The molecule has 1 aromatic carbocycles. The molecule has 0 amide bonds. The molecule has 0 bridgehead atoms. The number of benzene rings is 1. The van der Waals surface area contributed by atoms with Crippen molar-refractivity contribution in [3.63, 3.8) is 0 Å². The number of hydrogen-bond acceptors (Lipinski definition) is 3. The van der Waals surface area contributed by atoms with Crippen molar-refractivity contribution in [3.8, 4) is 5.69 Å². The van der Waals surface area contributed by atoms with Crippen LogP contribution in [0.1, 0.15) is 23.9 Å². The number of hydrogen-bond donors (Lipinski definition) is 1. The Morgan fingerprint density at radius 3 is 2.64 bits per heavy atom. The Morgan fingerprint density at radius 1 is 1.23 bits per heavy atom. The highest BCUT2D eigenvalue weighted by atomic mass is 35.5. The van der Waals surface area contributed by atoms with Gasteiger partial charge in [0.2, 0.25) is 0 Å². The molecule has 2 aromatic rings. The molecule has 0 unspecified atom stereocenters. The molecule has 22 heavy (non-hydrogen) atoms. The normalized spacial score (nSPS) is 19.0. The van der Waals surface area contributed by atoms with Crippen molar-refractivity contribution >= 4 is 12.4 Å². The first-order valence-electron chi connectivity index (χ1n) is 7.71. The molecule has 1 N–H and O–H groups in total. The van der Waals surface area contributed by atoms with Gasteiger partial charge in [0.15, 0.2) is 0 Å². The van der Waals surface area contributed by atoms with Crippen molar-refractivity contribution in [2.75, 3.05) is 19.6 Å². The van der Waals surface area contributed by atoms with E-state index in [-0.39, 0.29) is 12.4 Å². The summed E-state index contributed by atoms with van der Waals surface area (Å²) in [4.78, 5) is 2.52. The Balaban J connectivity index is 0.00000176. The highest BCUT2D eigenvalue weighted by Gasteiger charge is 2.19. The summed E-state index contributed by atoms with van der Waals surface area (Å²) in [5, 5.41) is 8.23. The molecular weight excluding hydrogens is 296 g/mol. The zero-order valence-corrected chi connectivity index (χ0v) is 14.4. The molecule has 0 aliphatic carbocycles. The number of halogens is 1. The standard InChI is InChI=1S/C17H24N4.ClH/c1-13-11-20(10-9-18-13)12-17-14(2)19-21(15(17)3)16-7-5-4-6-8-16;/h4-8,13,18H,9-12H2,1-3H3;1H/t13-;/m0./s1. The number of nitrogens with zero attached hydrogens (tertiary/aromatic N) is 3. The van der Waals surface area contributed by atoms with Gasteiger partial charge in [-0.2, -0.15) is 5.10 Å². The van der Waals surface area contributed by atoms with Crippen LogP contribution in [0.5, 0.6) is 0 Å². The first-order valence-corrected chi connectivity index (χ1v) is 7.71. The van der Waals surface area contributed by atoms with Crippen LogP contribution < -0.4 is 5.32 Å². The molecule has 0 saturated carbocycles. The van der Waals surface area contributed by atoms with E-state index in [0.717, 1.165) is 37.6 Å². The lowest BCUT2D eigenvalue weighted by molar-refractivity contribution is 0.199. The van der Waals surface area contributed by atoms with Crippen LogP contribution in [-0.4, -0.2) is 40.4 Å². The van der Waals surface area contributed by atoms with E-state index in [0.29, 0.717) is 6.04 Å². The van der Waals surface area contributed by atoms with Crippen molar-refractivity contribution in [2.45, 2.75) is 33.4 Å². The van der Waals surface area contributed by atoms with Gasteiger partial charge in [-0.15, -0.1) is 12.4 Å². The molecule has 3 rings (SSSR count). The van der Waals surface area contributed by atoms with Gasteiger partial charge < -0.3 is 5.32 Å². The van der Waals surface area contributed by atoms with Crippen LogP contribution in [0.4, 0.5) is 0 Å². The number of aryl methyl sites for hydroxylation is 1. The van der Waals surface area contributed by atoms with E-state index in [1.165, 1.54) is 11.3 Å². The van der Waals surface area contributed by atoms with Crippen LogP contribution in [0.15, 0.2) is 30.3 Å². The van der Waals surface area contributed by atoms with Gasteiger partial charge in [-0.3, -0.25) is 4.90 Å². The smallest absolute Gasteiger partial charge is 0.0648 e. The molecule has 1 atom stereocenters. The third-order valence-electron chi connectivity index (χ3n) is 4.28. The Bertz CT molecular complexity index is 609. The molecule has 0 spiro atoms. The van der Waals surface area contributed by atoms with Gasteiger partial charge in [-0.05, 0) is 32.9 Å². The van der Waals surface area contributed by atoms with Crippen LogP contribution in [-0.2, 0) is 6.54 Å². The molecule has 2 heterocycles. The Labute approximate surface area is 138 Å². The molecule has 1 aliphatic heterocycles. The van der Waals surface area contributed by atoms with Crippen molar-refractivity contribution < 1.29 is 0 Å². The van der Waals surface area contributed by atoms with Crippen LogP contribution in [0.25, 0.3) is 5.69 Å². The summed E-state index contributed by atoms with van der Waals surface area (Å²) < 4.78 is 2.07. The van der Waals surface area contributed by atoms with Gasteiger partial charge in [0.25, 0.3) is 0 Å². The maximum atomic E-state index is 4.74. The summed E-state index contributed by atoms with van der Waals surface area (Å²) in [5.74, 6) is 0. The molecule has 1 saturated heterocycles. The first kappa shape index (κ1) is 17.0. The van der Waals surface area contributed by atoms with E-state index < -0.39 is 0 Å². The molecular formula is C17H25ClN4. The van der Waals surface area contributed by atoms with Gasteiger partial charge in [0.05, 0.1) is 11.4 Å². The summed E-state index contributed by atoms with van der Waals surface area (Å²) in [6, 6.07) is 10.9. The summed E-state index contributed by atoms with van der Waals surface area (Å²) >= 11 is 0. The lowest BCUT2D eigenvalue weighted by Gasteiger charge is -2.31. The zero-order chi connectivity index (χ0) is 14.8. The first-order chi connectivity index (χ1) is 10.1. The third kappa shape index (κ3) is 3.51. The van der Waals surface area contributed by atoms with E-state index in [9.17, 15) is 0 Å². The molecule has 5 heteroatoms. The lowest BCUT2D eigenvalue weighted by atomic mass is 10.1. The Hall–Kier alpha value is -1.36. The maximum absolute atomic E-state index is 4.74. The predicted octanol–water partition coefficient (Wildman–Crippen LogP) is 2.70. The van der Waals surface area contributed by atoms with Gasteiger partial charge >= 0.3 is 0 Å². The minimum Gasteiger partial charge on any atom is -0.312 e. The highest BCUT2D eigenvalue weighted by molar-refractivity contribution is 5.85. The monoisotopic (exact) mass is 320 g/mol. The lowest BCUT2D eigenvalue weighted by Crippen LogP contribution is -2.48. The number of aromatic nitrogens is 2. The second kappa shape index (κ2) is 7.27. The number of nitrogens with one attached hydrogen (secondary N) is 1. The number of para-hydroxylation sites is 1. The van der Waals surface area contributed by atoms with E-state index in [2.05, 4.69) is 59.9 Å². The topological polar surface area (TPSA) is 33.1 Å².